The molecule has 0 spiro atoms. The summed E-state index contributed by atoms with van der Waals surface area (Å²) in [6.07, 6.45) is 4.40. The molecule has 4 rings (SSSR count). The second-order valence-electron chi connectivity index (χ2n) is 7.90. The zero-order valence-corrected chi connectivity index (χ0v) is 17.2. The van der Waals surface area contributed by atoms with Gasteiger partial charge in [0, 0.05) is 24.6 Å². The first-order valence-corrected chi connectivity index (χ1v) is 10.5. The lowest BCUT2D eigenvalue weighted by molar-refractivity contribution is -0.132. The quantitative estimate of drug-likeness (QED) is 0.556. The van der Waals surface area contributed by atoms with Crippen LogP contribution in [0.2, 0.25) is 0 Å². The predicted octanol–water partition coefficient (Wildman–Crippen LogP) is 4.47. The first kappa shape index (κ1) is 20.8. The number of aryl methyl sites for hydroxylation is 1. The van der Waals surface area contributed by atoms with E-state index in [-0.39, 0.29) is 24.1 Å². The summed E-state index contributed by atoms with van der Waals surface area (Å²) in [6.45, 7) is 0.742. The molecule has 6 heteroatoms. The second kappa shape index (κ2) is 9.60. The lowest BCUT2D eigenvalue weighted by Crippen LogP contribution is -2.30. The molecule has 3 aromatic rings. The van der Waals surface area contributed by atoms with E-state index in [1.807, 2.05) is 24.3 Å². The third-order valence-corrected chi connectivity index (χ3v) is 5.30. The van der Waals surface area contributed by atoms with Crippen molar-refractivity contribution in [3.63, 3.8) is 0 Å². The van der Waals surface area contributed by atoms with E-state index in [0.717, 1.165) is 24.0 Å². The number of nitrogens with zero attached hydrogens (tertiary/aromatic N) is 1. The smallest absolute Gasteiger partial charge is 0.251 e. The summed E-state index contributed by atoms with van der Waals surface area (Å²) < 4.78 is 18.8. The van der Waals surface area contributed by atoms with Crippen molar-refractivity contribution in [2.75, 3.05) is 0 Å². The van der Waals surface area contributed by atoms with Crippen molar-refractivity contribution in [2.24, 2.45) is 0 Å². The van der Waals surface area contributed by atoms with Gasteiger partial charge in [0.15, 0.2) is 0 Å². The Bertz CT molecular complexity index is 1030. The number of hydrogen-bond donors (Lipinski definition) is 1. The Hall–Kier alpha value is -3.41. The Morgan fingerprint density at radius 1 is 1.00 bits per heavy atom. The van der Waals surface area contributed by atoms with E-state index in [1.165, 1.54) is 12.1 Å². The summed E-state index contributed by atoms with van der Waals surface area (Å²) in [5, 5.41) is 2.97. The lowest BCUT2D eigenvalue weighted by Gasteiger charge is -2.22. The minimum atomic E-state index is -0.303. The Kier molecular flexibility index (Phi) is 6.46. The number of halogens is 1. The van der Waals surface area contributed by atoms with Crippen LogP contribution in [0.1, 0.15) is 46.5 Å². The predicted molar refractivity (Wildman–Crippen MR) is 115 cm³/mol. The number of benzene rings is 2. The van der Waals surface area contributed by atoms with E-state index in [1.54, 1.807) is 35.4 Å². The highest BCUT2D eigenvalue weighted by Gasteiger charge is 2.23. The van der Waals surface area contributed by atoms with Crippen molar-refractivity contribution in [2.45, 2.75) is 44.8 Å². The van der Waals surface area contributed by atoms with Crippen molar-refractivity contribution in [1.29, 1.82) is 0 Å². The molecule has 2 aromatic carbocycles. The van der Waals surface area contributed by atoms with Gasteiger partial charge in [-0.25, -0.2) is 4.39 Å². The number of carbonyl (C=O) groups excluding carboxylic acids is 2. The van der Waals surface area contributed by atoms with Gasteiger partial charge in [-0.15, -0.1) is 0 Å². The number of nitrogens with one attached hydrogen (secondary N) is 1. The first-order valence-electron chi connectivity index (χ1n) is 10.5. The van der Waals surface area contributed by atoms with E-state index < -0.39 is 0 Å². The van der Waals surface area contributed by atoms with Crippen molar-refractivity contribution in [3.05, 3.63) is 95.2 Å². The van der Waals surface area contributed by atoms with Crippen LogP contribution in [-0.4, -0.2) is 22.8 Å². The van der Waals surface area contributed by atoms with E-state index in [2.05, 4.69) is 5.32 Å². The summed E-state index contributed by atoms with van der Waals surface area (Å²) >= 11 is 0. The molecule has 0 atom stereocenters. The first-order chi connectivity index (χ1) is 15.1. The number of hydrogen-bond acceptors (Lipinski definition) is 3. The average molecular weight is 420 g/mol. The molecule has 1 aliphatic rings. The molecule has 0 radical (unpaired) electrons. The summed E-state index contributed by atoms with van der Waals surface area (Å²) in [6, 6.07) is 17.6. The Balaban J connectivity index is 1.41. The van der Waals surface area contributed by atoms with Crippen molar-refractivity contribution >= 4 is 11.8 Å². The third-order valence-electron chi connectivity index (χ3n) is 5.30. The van der Waals surface area contributed by atoms with Crippen LogP contribution in [0.5, 0.6) is 0 Å². The van der Waals surface area contributed by atoms with Gasteiger partial charge in [0.2, 0.25) is 5.91 Å². The maximum absolute atomic E-state index is 13.4. The summed E-state index contributed by atoms with van der Waals surface area (Å²) in [5.74, 6) is 0.284. The molecular formula is C25H25FN2O3. The van der Waals surface area contributed by atoms with Crippen LogP contribution in [0, 0.1) is 5.82 Å². The lowest BCUT2D eigenvalue weighted by atomic mass is 10.1. The maximum atomic E-state index is 13.4. The standard InChI is InChI=1S/C25H25FN2O3/c26-21-4-1-3-18(15-21)8-13-24(29)28(17-23-5-2-14-31-23)16-19-6-9-20(10-7-19)25(30)27-22-11-12-22/h1-7,9-10,14-15,22H,8,11-13,16-17H2,(H,27,30). The van der Waals surface area contributed by atoms with E-state index in [9.17, 15) is 14.0 Å². The van der Waals surface area contributed by atoms with Gasteiger partial charge < -0.3 is 14.6 Å². The van der Waals surface area contributed by atoms with Crippen LogP contribution >= 0.6 is 0 Å². The minimum Gasteiger partial charge on any atom is -0.467 e. The van der Waals surface area contributed by atoms with Crippen LogP contribution < -0.4 is 5.32 Å². The van der Waals surface area contributed by atoms with Crippen molar-refractivity contribution in [3.8, 4) is 0 Å². The molecule has 0 saturated heterocycles. The highest BCUT2D eigenvalue weighted by molar-refractivity contribution is 5.94. The van der Waals surface area contributed by atoms with E-state index in [4.69, 9.17) is 4.42 Å². The monoisotopic (exact) mass is 420 g/mol. The SMILES string of the molecule is O=C(NC1CC1)c1ccc(CN(Cc2ccco2)C(=O)CCc2cccc(F)c2)cc1. The van der Waals surface area contributed by atoms with Crippen LogP contribution in [0.15, 0.2) is 71.3 Å². The molecule has 1 saturated carbocycles. The highest BCUT2D eigenvalue weighted by atomic mass is 19.1. The number of rotatable bonds is 9. The third kappa shape index (κ3) is 6.04. The van der Waals surface area contributed by atoms with Gasteiger partial charge >= 0.3 is 0 Å². The summed E-state index contributed by atoms with van der Waals surface area (Å²) in [7, 11) is 0. The van der Waals surface area contributed by atoms with E-state index in [0.29, 0.717) is 36.9 Å². The average Bonchev–Trinajstić information content (AvgIpc) is 3.43. The van der Waals surface area contributed by atoms with Crippen molar-refractivity contribution < 1.29 is 18.4 Å². The zero-order valence-electron chi connectivity index (χ0n) is 17.2. The largest absolute Gasteiger partial charge is 0.467 e. The fourth-order valence-electron chi connectivity index (χ4n) is 3.40. The molecule has 0 unspecified atom stereocenters. The molecule has 31 heavy (non-hydrogen) atoms. The van der Waals surface area contributed by atoms with Gasteiger partial charge in [-0.2, -0.15) is 0 Å². The second-order valence-corrected chi connectivity index (χ2v) is 7.90. The maximum Gasteiger partial charge on any atom is 0.251 e. The molecule has 1 N–H and O–H groups in total. The molecule has 1 aliphatic carbocycles. The molecule has 1 fully saturated rings. The summed E-state index contributed by atoms with van der Waals surface area (Å²) in [5.41, 5.74) is 2.33. The molecule has 160 valence electrons. The van der Waals surface area contributed by atoms with Gasteiger partial charge in [0.05, 0.1) is 12.8 Å². The molecule has 1 aromatic heterocycles. The van der Waals surface area contributed by atoms with Crippen LogP contribution in [-0.2, 0) is 24.3 Å². The normalized spacial score (nSPS) is 13.1. The molecular weight excluding hydrogens is 395 g/mol. The molecule has 2 amide bonds. The molecule has 5 nitrogen and oxygen atoms in total. The van der Waals surface area contributed by atoms with Crippen LogP contribution in [0.4, 0.5) is 4.39 Å². The van der Waals surface area contributed by atoms with Gasteiger partial charge in [0.25, 0.3) is 5.91 Å². The van der Waals surface area contributed by atoms with Gasteiger partial charge in [0.1, 0.15) is 11.6 Å². The zero-order chi connectivity index (χ0) is 21.6. The van der Waals surface area contributed by atoms with E-state index >= 15 is 0 Å². The van der Waals surface area contributed by atoms with Gasteiger partial charge in [-0.1, -0.05) is 24.3 Å². The molecule has 1 heterocycles. The highest BCUT2D eigenvalue weighted by Crippen LogP contribution is 2.20. The summed E-state index contributed by atoms with van der Waals surface area (Å²) in [4.78, 5) is 26.9. The number of carbonyl (C=O) groups is 2. The van der Waals surface area contributed by atoms with Crippen LogP contribution in [0.3, 0.4) is 0 Å². The fourth-order valence-corrected chi connectivity index (χ4v) is 3.40. The minimum absolute atomic E-state index is 0.0452. The molecule has 0 bridgehead atoms. The molecule has 0 aliphatic heterocycles. The fraction of sp³-hybridized carbons (Fsp3) is 0.280. The van der Waals surface area contributed by atoms with Gasteiger partial charge in [-0.05, 0) is 66.8 Å². The Labute approximate surface area is 180 Å². The number of amides is 2. The Morgan fingerprint density at radius 2 is 1.81 bits per heavy atom. The van der Waals surface area contributed by atoms with Crippen molar-refractivity contribution in [1.82, 2.24) is 10.2 Å². The number of furan rings is 1. The Morgan fingerprint density at radius 3 is 2.48 bits per heavy atom. The van der Waals surface area contributed by atoms with Crippen LogP contribution in [0.25, 0.3) is 0 Å². The topological polar surface area (TPSA) is 62.6 Å². The van der Waals surface area contributed by atoms with Gasteiger partial charge in [-0.3, -0.25) is 9.59 Å².